The molecule has 2 rings (SSSR count). The molecule has 0 aliphatic carbocycles. The van der Waals surface area contributed by atoms with E-state index in [0.29, 0.717) is 0 Å². The molecule has 0 spiro atoms. The summed E-state index contributed by atoms with van der Waals surface area (Å²) >= 11 is 0. The van der Waals surface area contributed by atoms with Gasteiger partial charge in [0.2, 0.25) is 0 Å². The average molecular weight is 246 g/mol. The summed E-state index contributed by atoms with van der Waals surface area (Å²) in [5.41, 5.74) is 2.90. The normalized spacial score (nSPS) is 10.8. The summed E-state index contributed by atoms with van der Waals surface area (Å²) in [6.45, 7) is 2.11. The highest BCUT2D eigenvalue weighted by atomic mass is 16.2. The summed E-state index contributed by atoms with van der Waals surface area (Å²) < 4.78 is 3.28. The van der Waals surface area contributed by atoms with Gasteiger partial charge in [0.25, 0.3) is 0 Å². The van der Waals surface area contributed by atoms with Crippen LogP contribution in [0, 0.1) is 6.92 Å². The maximum atomic E-state index is 12.0. The zero-order valence-corrected chi connectivity index (χ0v) is 10.8. The molecular formula is C14H18N2O2. The molecule has 0 unspecified atom stereocenters. The monoisotopic (exact) mass is 246 g/mol. The number of nitrogens with zero attached hydrogens (tertiary/aromatic N) is 2. The van der Waals surface area contributed by atoms with Gasteiger partial charge in [0.1, 0.15) is 0 Å². The van der Waals surface area contributed by atoms with Crippen molar-refractivity contribution in [1.29, 1.82) is 0 Å². The second-order valence-corrected chi connectivity index (χ2v) is 4.50. The van der Waals surface area contributed by atoms with E-state index in [1.54, 1.807) is 16.2 Å². The van der Waals surface area contributed by atoms with Gasteiger partial charge in [-0.2, -0.15) is 0 Å². The quantitative estimate of drug-likeness (QED) is 0.886. The highest BCUT2D eigenvalue weighted by Crippen LogP contribution is 2.12. The summed E-state index contributed by atoms with van der Waals surface area (Å²) in [5, 5.41) is 8.85. The molecule has 1 N–H and O–H groups in total. The number of aryl methyl sites for hydroxylation is 3. The van der Waals surface area contributed by atoms with Crippen LogP contribution in [0.25, 0.3) is 5.69 Å². The van der Waals surface area contributed by atoms with Crippen molar-refractivity contribution in [2.45, 2.75) is 19.8 Å². The maximum Gasteiger partial charge on any atom is 0.332 e. The van der Waals surface area contributed by atoms with Gasteiger partial charge in [-0.05, 0) is 37.5 Å². The Hall–Kier alpha value is -1.81. The molecule has 0 saturated heterocycles. The lowest BCUT2D eigenvalue weighted by Crippen LogP contribution is -2.21. The van der Waals surface area contributed by atoms with E-state index in [2.05, 4.69) is 0 Å². The fourth-order valence-electron chi connectivity index (χ4n) is 2.15. The minimum Gasteiger partial charge on any atom is -0.396 e. The maximum absolute atomic E-state index is 12.0. The van der Waals surface area contributed by atoms with Crippen molar-refractivity contribution in [2.75, 3.05) is 6.61 Å². The van der Waals surface area contributed by atoms with Crippen LogP contribution in [0.5, 0.6) is 0 Å². The van der Waals surface area contributed by atoms with E-state index < -0.39 is 0 Å². The first-order valence-corrected chi connectivity index (χ1v) is 6.08. The Labute approximate surface area is 106 Å². The number of hydrogen-bond donors (Lipinski definition) is 1. The number of imidazole rings is 1. The lowest BCUT2D eigenvalue weighted by Gasteiger charge is -2.06. The standard InChI is InChI=1S/C14H18N2O2/c1-11-10-15(2)14(18)16(11)13-7-3-5-12(9-13)6-4-8-17/h3,5,7,9-10,17H,4,6,8H2,1-2H3. The number of aliphatic hydroxyl groups is 1. The van der Waals surface area contributed by atoms with Gasteiger partial charge in [0.05, 0.1) is 5.69 Å². The molecule has 1 aromatic heterocycles. The van der Waals surface area contributed by atoms with Crippen LogP contribution in [0.4, 0.5) is 0 Å². The number of hydrogen-bond acceptors (Lipinski definition) is 2. The van der Waals surface area contributed by atoms with E-state index in [9.17, 15) is 4.79 Å². The van der Waals surface area contributed by atoms with E-state index in [0.717, 1.165) is 29.8 Å². The van der Waals surface area contributed by atoms with E-state index in [-0.39, 0.29) is 12.3 Å². The first-order valence-electron chi connectivity index (χ1n) is 6.08. The molecule has 4 heteroatoms. The fraction of sp³-hybridized carbons (Fsp3) is 0.357. The highest BCUT2D eigenvalue weighted by Gasteiger charge is 2.07. The van der Waals surface area contributed by atoms with Crippen molar-refractivity contribution < 1.29 is 5.11 Å². The summed E-state index contributed by atoms with van der Waals surface area (Å²) in [5.74, 6) is 0. The van der Waals surface area contributed by atoms with Gasteiger partial charge in [0.15, 0.2) is 0 Å². The van der Waals surface area contributed by atoms with Crippen molar-refractivity contribution in [2.24, 2.45) is 7.05 Å². The van der Waals surface area contributed by atoms with Crippen molar-refractivity contribution in [3.05, 3.63) is 52.2 Å². The van der Waals surface area contributed by atoms with Gasteiger partial charge in [-0.3, -0.25) is 4.57 Å². The Morgan fingerprint density at radius 1 is 1.33 bits per heavy atom. The fourth-order valence-corrected chi connectivity index (χ4v) is 2.15. The summed E-state index contributed by atoms with van der Waals surface area (Å²) in [6.07, 6.45) is 3.39. The molecule has 0 bridgehead atoms. The van der Waals surface area contributed by atoms with Crippen LogP contribution >= 0.6 is 0 Å². The molecule has 0 fully saturated rings. The Kier molecular flexibility index (Phi) is 3.67. The summed E-state index contributed by atoms with van der Waals surface area (Å²) in [7, 11) is 1.75. The molecule has 0 amide bonds. The zero-order valence-electron chi connectivity index (χ0n) is 10.8. The predicted octanol–water partition coefficient (Wildman–Crippen LogP) is 1.41. The van der Waals surface area contributed by atoms with E-state index in [1.165, 1.54) is 0 Å². The minimum absolute atomic E-state index is 0.0354. The number of rotatable bonds is 4. The first-order chi connectivity index (χ1) is 8.63. The SMILES string of the molecule is Cc1cn(C)c(=O)n1-c1cccc(CCCO)c1. The zero-order chi connectivity index (χ0) is 13.1. The van der Waals surface area contributed by atoms with E-state index >= 15 is 0 Å². The second kappa shape index (κ2) is 5.23. The van der Waals surface area contributed by atoms with Gasteiger partial charge < -0.3 is 9.67 Å². The Morgan fingerprint density at radius 3 is 2.72 bits per heavy atom. The molecule has 1 aromatic carbocycles. The molecule has 96 valence electrons. The van der Waals surface area contributed by atoms with Crippen LogP contribution in [-0.4, -0.2) is 20.8 Å². The average Bonchev–Trinajstić information content (AvgIpc) is 2.61. The molecule has 0 radical (unpaired) electrons. The van der Waals surface area contributed by atoms with Crippen molar-refractivity contribution >= 4 is 0 Å². The second-order valence-electron chi connectivity index (χ2n) is 4.50. The molecule has 0 aliphatic heterocycles. The lowest BCUT2D eigenvalue weighted by atomic mass is 10.1. The smallest absolute Gasteiger partial charge is 0.332 e. The van der Waals surface area contributed by atoms with Crippen molar-refractivity contribution in [3.8, 4) is 5.69 Å². The van der Waals surface area contributed by atoms with Crippen molar-refractivity contribution in [1.82, 2.24) is 9.13 Å². The highest BCUT2D eigenvalue weighted by molar-refractivity contribution is 5.37. The topological polar surface area (TPSA) is 47.2 Å². The third kappa shape index (κ3) is 2.38. The van der Waals surface area contributed by atoms with Crippen LogP contribution in [0.3, 0.4) is 0 Å². The third-order valence-electron chi connectivity index (χ3n) is 3.02. The molecule has 0 saturated carbocycles. The Morgan fingerprint density at radius 2 is 2.11 bits per heavy atom. The largest absolute Gasteiger partial charge is 0.396 e. The Balaban J connectivity index is 2.41. The molecular weight excluding hydrogens is 228 g/mol. The van der Waals surface area contributed by atoms with Gasteiger partial charge in [0, 0.05) is 25.5 Å². The molecule has 18 heavy (non-hydrogen) atoms. The first kappa shape index (κ1) is 12.6. The number of benzene rings is 1. The van der Waals surface area contributed by atoms with Gasteiger partial charge >= 0.3 is 5.69 Å². The van der Waals surface area contributed by atoms with Crippen LogP contribution < -0.4 is 5.69 Å². The molecule has 1 heterocycles. The molecule has 0 atom stereocenters. The van der Waals surface area contributed by atoms with Crippen LogP contribution in [-0.2, 0) is 13.5 Å². The number of aliphatic hydroxyl groups excluding tert-OH is 1. The molecule has 0 aliphatic rings. The minimum atomic E-state index is -0.0354. The summed E-state index contributed by atoms with van der Waals surface area (Å²) in [6, 6.07) is 7.89. The lowest BCUT2D eigenvalue weighted by molar-refractivity contribution is 0.288. The van der Waals surface area contributed by atoms with Crippen LogP contribution in [0.1, 0.15) is 17.7 Å². The van der Waals surface area contributed by atoms with Crippen LogP contribution in [0.15, 0.2) is 35.3 Å². The molecule has 4 nitrogen and oxygen atoms in total. The van der Waals surface area contributed by atoms with Crippen molar-refractivity contribution in [3.63, 3.8) is 0 Å². The number of aromatic nitrogens is 2. The van der Waals surface area contributed by atoms with E-state index in [1.807, 2.05) is 37.4 Å². The summed E-state index contributed by atoms with van der Waals surface area (Å²) in [4.78, 5) is 12.0. The third-order valence-corrected chi connectivity index (χ3v) is 3.02. The predicted molar refractivity (Wildman–Crippen MR) is 71.2 cm³/mol. The Bertz CT molecular complexity index is 596. The van der Waals surface area contributed by atoms with Gasteiger partial charge in [-0.25, -0.2) is 4.79 Å². The van der Waals surface area contributed by atoms with Gasteiger partial charge in [-0.1, -0.05) is 12.1 Å². The van der Waals surface area contributed by atoms with E-state index in [4.69, 9.17) is 5.11 Å². The van der Waals surface area contributed by atoms with Gasteiger partial charge in [-0.15, -0.1) is 0 Å². The van der Waals surface area contributed by atoms with Crippen LogP contribution in [0.2, 0.25) is 0 Å². The molecule has 2 aromatic rings.